The SMILES string of the molecule is COc1ccc(C(O)c2ccnc(C)c2)c(C)c1. The van der Waals surface area contributed by atoms with Crippen LogP contribution in [0, 0.1) is 13.8 Å². The number of benzene rings is 1. The number of aryl methyl sites for hydroxylation is 2. The van der Waals surface area contributed by atoms with Gasteiger partial charge in [-0.25, -0.2) is 0 Å². The molecule has 0 aliphatic heterocycles. The summed E-state index contributed by atoms with van der Waals surface area (Å²) in [5, 5.41) is 10.4. The van der Waals surface area contributed by atoms with Gasteiger partial charge in [-0.2, -0.15) is 0 Å². The van der Waals surface area contributed by atoms with Crippen LogP contribution >= 0.6 is 0 Å². The largest absolute Gasteiger partial charge is 0.497 e. The number of hydrogen-bond acceptors (Lipinski definition) is 3. The number of nitrogens with zero attached hydrogens (tertiary/aromatic N) is 1. The number of methoxy groups -OCH3 is 1. The Balaban J connectivity index is 2.37. The molecule has 1 heterocycles. The molecule has 1 N–H and O–H groups in total. The Morgan fingerprint density at radius 3 is 2.56 bits per heavy atom. The van der Waals surface area contributed by atoms with Crippen molar-refractivity contribution in [2.75, 3.05) is 7.11 Å². The Morgan fingerprint density at radius 2 is 1.94 bits per heavy atom. The summed E-state index contributed by atoms with van der Waals surface area (Å²) in [6, 6.07) is 9.41. The quantitative estimate of drug-likeness (QED) is 0.901. The van der Waals surface area contributed by atoms with E-state index in [9.17, 15) is 5.11 Å². The Kier molecular flexibility index (Phi) is 3.63. The molecule has 0 aliphatic rings. The van der Waals surface area contributed by atoms with Gasteiger partial charge in [-0.3, -0.25) is 4.98 Å². The maximum Gasteiger partial charge on any atom is 0.119 e. The Hall–Kier alpha value is -1.87. The lowest BCUT2D eigenvalue weighted by Crippen LogP contribution is -2.03. The zero-order valence-electron chi connectivity index (χ0n) is 10.8. The number of aliphatic hydroxyl groups is 1. The fourth-order valence-electron chi connectivity index (χ4n) is 2.00. The van der Waals surface area contributed by atoms with Gasteiger partial charge in [0.05, 0.1) is 7.11 Å². The third-order valence-electron chi connectivity index (χ3n) is 3.01. The van der Waals surface area contributed by atoms with Crippen LogP contribution in [0.15, 0.2) is 36.5 Å². The van der Waals surface area contributed by atoms with Crippen LogP contribution in [0.3, 0.4) is 0 Å². The highest BCUT2D eigenvalue weighted by Gasteiger charge is 2.13. The maximum absolute atomic E-state index is 10.4. The van der Waals surface area contributed by atoms with Crippen LogP contribution in [0.5, 0.6) is 5.75 Å². The number of aliphatic hydroxyl groups excluding tert-OH is 1. The van der Waals surface area contributed by atoms with Crippen molar-refractivity contribution in [1.82, 2.24) is 4.98 Å². The summed E-state index contributed by atoms with van der Waals surface area (Å²) >= 11 is 0. The molecular formula is C15H17NO2. The molecule has 2 rings (SSSR count). The van der Waals surface area contributed by atoms with Crippen LogP contribution in [0.4, 0.5) is 0 Å². The third kappa shape index (κ3) is 2.51. The van der Waals surface area contributed by atoms with Gasteiger partial charge in [-0.05, 0) is 54.8 Å². The van der Waals surface area contributed by atoms with E-state index >= 15 is 0 Å². The molecule has 1 atom stereocenters. The molecule has 0 bridgehead atoms. The van der Waals surface area contributed by atoms with E-state index in [0.29, 0.717) is 0 Å². The van der Waals surface area contributed by atoms with E-state index in [1.165, 1.54) is 0 Å². The highest BCUT2D eigenvalue weighted by atomic mass is 16.5. The minimum atomic E-state index is -0.627. The van der Waals surface area contributed by atoms with Crippen LogP contribution < -0.4 is 4.74 Å². The molecule has 2 aromatic rings. The van der Waals surface area contributed by atoms with E-state index in [2.05, 4.69) is 4.98 Å². The Labute approximate surface area is 107 Å². The molecular weight excluding hydrogens is 226 g/mol. The average molecular weight is 243 g/mol. The normalized spacial score (nSPS) is 12.2. The molecule has 1 aromatic carbocycles. The van der Waals surface area contributed by atoms with Gasteiger partial charge in [0, 0.05) is 11.9 Å². The number of hydrogen-bond donors (Lipinski definition) is 1. The first-order chi connectivity index (χ1) is 8.61. The minimum absolute atomic E-state index is 0.627. The molecule has 94 valence electrons. The van der Waals surface area contributed by atoms with Crippen molar-refractivity contribution in [1.29, 1.82) is 0 Å². The second-order valence-electron chi connectivity index (χ2n) is 4.36. The summed E-state index contributed by atoms with van der Waals surface area (Å²) in [7, 11) is 1.64. The summed E-state index contributed by atoms with van der Waals surface area (Å²) in [5.74, 6) is 0.800. The standard InChI is InChI=1S/C15H17NO2/c1-10-8-13(18-3)4-5-14(10)15(17)12-6-7-16-11(2)9-12/h4-9,15,17H,1-3H3. The van der Waals surface area contributed by atoms with Crippen molar-refractivity contribution in [2.45, 2.75) is 20.0 Å². The van der Waals surface area contributed by atoms with Crippen LogP contribution in [0.25, 0.3) is 0 Å². The zero-order valence-corrected chi connectivity index (χ0v) is 10.8. The van der Waals surface area contributed by atoms with Gasteiger partial charge in [0.2, 0.25) is 0 Å². The highest BCUT2D eigenvalue weighted by molar-refractivity contribution is 5.40. The Morgan fingerprint density at radius 1 is 1.17 bits per heavy atom. The predicted molar refractivity (Wildman–Crippen MR) is 70.8 cm³/mol. The van der Waals surface area contributed by atoms with Gasteiger partial charge < -0.3 is 9.84 Å². The molecule has 0 spiro atoms. The first-order valence-electron chi connectivity index (χ1n) is 5.87. The summed E-state index contributed by atoms with van der Waals surface area (Å²) in [6.45, 7) is 3.88. The van der Waals surface area contributed by atoms with E-state index in [1.54, 1.807) is 13.3 Å². The lowest BCUT2D eigenvalue weighted by molar-refractivity contribution is 0.219. The van der Waals surface area contributed by atoms with Gasteiger partial charge in [0.15, 0.2) is 0 Å². The fourth-order valence-corrected chi connectivity index (χ4v) is 2.00. The molecule has 3 nitrogen and oxygen atoms in total. The Bertz CT molecular complexity index is 552. The number of rotatable bonds is 3. The fraction of sp³-hybridized carbons (Fsp3) is 0.267. The molecule has 1 aromatic heterocycles. The minimum Gasteiger partial charge on any atom is -0.497 e. The van der Waals surface area contributed by atoms with E-state index in [-0.39, 0.29) is 0 Å². The smallest absolute Gasteiger partial charge is 0.119 e. The molecule has 0 aliphatic carbocycles. The van der Waals surface area contributed by atoms with E-state index < -0.39 is 6.10 Å². The van der Waals surface area contributed by atoms with E-state index in [1.807, 2.05) is 44.2 Å². The highest BCUT2D eigenvalue weighted by Crippen LogP contribution is 2.27. The van der Waals surface area contributed by atoms with Crippen molar-refractivity contribution >= 4 is 0 Å². The van der Waals surface area contributed by atoms with Crippen LogP contribution in [0.2, 0.25) is 0 Å². The number of pyridine rings is 1. The van der Waals surface area contributed by atoms with Gasteiger partial charge in [0.25, 0.3) is 0 Å². The van der Waals surface area contributed by atoms with Crippen molar-refractivity contribution < 1.29 is 9.84 Å². The summed E-state index contributed by atoms with van der Waals surface area (Å²) in [6.07, 6.45) is 1.09. The zero-order chi connectivity index (χ0) is 13.1. The van der Waals surface area contributed by atoms with Crippen molar-refractivity contribution in [3.8, 4) is 5.75 Å². The van der Waals surface area contributed by atoms with Crippen LogP contribution in [0.1, 0.15) is 28.5 Å². The second-order valence-corrected chi connectivity index (χ2v) is 4.36. The predicted octanol–water partition coefficient (Wildman–Crippen LogP) is 2.79. The van der Waals surface area contributed by atoms with Gasteiger partial charge in [0.1, 0.15) is 11.9 Å². The molecule has 18 heavy (non-hydrogen) atoms. The lowest BCUT2D eigenvalue weighted by Gasteiger charge is -2.15. The summed E-state index contributed by atoms with van der Waals surface area (Å²) < 4.78 is 5.16. The van der Waals surface area contributed by atoms with Crippen LogP contribution in [-0.4, -0.2) is 17.2 Å². The molecule has 0 radical (unpaired) electrons. The number of ether oxygens (including phenoxy) is 1. The van der Waals surface area contributed by atoms with Gasteiger partial charge >= 0.3 is 0 Å². The topological polar surface area (TPSA) is 42.4 Å². The van der Waals surface area contributed by atoms with Crippen molar-refractivity contribution in [2.24, 2.45) is 0 Å². The molecule has 0 fully saturated rings. The molecule has 0 amide bonds. The average Bonchev–Trinajstić information content (AvgIpc) is 2.37. The van der Waals surface area contributed by atoms with Crippen molar-refractivity contribution in [3.63, 3.8) is 0 Å². The molecule has 1 unspecified atom stereocenters. The first-order valence-corrected chi connectivity index (χ1v) is 5.87. The van der Waals surface area contributed by atoms with Gasteiger partial charge in [-0.15, -0.1) is 0 Å². The first kappa shape index (κ1) is 12.6. The maximum atomic E-state index is 10.4. The summed E-state index contributed by atoms with van der Waals surface area (Å²) in [5.41, 5.74) is 3.66. The lowest BCUT2D eigenvalue weighted by atomic mass is 9.97. The molecule has 0 saturated heterocycles. The number of aromatic nitrogens is 1. The van der Waals surface area contributed by atoms with Crippen molar-refractivity contribution in [3.05, 3.63) is 58.9 Å². The molecule has 0 saturated carbocycles. The van der Waals surface area contributed by atoms with Gasteiger partial charge in [-0.1, -0.05) is 6.07 Å². The monoisotopic (exact) mass is 243 g/mol. The second kappa shape index (κ2) is 5.19. The summed E-state index contributed by atoms with van der Waals surface area (Å²) in [4.78, 5) is 4.13. The van der Waals surface area contributed by atoms with E-state index in [4.69, 9.17) is 4.74 Å². The third-order valence-corrected chi connectivity index (χ3v) is 3.01. The van der Waals surface area contributed by atoms with Crippen LogP contribution in [-0.2, 0) is 0 Å². The van der Waals surface area contributed by atoms with E-state index in [0.717, 1.165) is 28.1 Å². The molecule has 3 heteroatoms.